The highest BCUT2D eigenvalue weighted by atomic mass is 32.2. The smallest absolute Gasteiger partial charge is 0.260 e. The van der Waals surface area contributed by atoms with E-state index in [1.807, 2.05) is 17.8 Å². The van der Waals surface area contributed by atoms with E-state index in [1.165, 1.54) is 0 Å². The first-order valence-electron chi connectivity index (χ1n) is 7.38. The fraction of sp³-hybridized carbons (Fsp3) is 0.643. The van der Waals surface area contributed by atoms with Gasteiger partial charge in [-0.25, -0.2) is 13.4 Å². The third-order valence-electron chi connectivity index (χ3n) is 3.34. The zero-order chi connectivity index (χ0) is 15.1. The second-order valence-corrected chi connectivity index (χ2v) is 8.16. The van der Waals surface area contributed by atoms with Gasteiger partial charge in [-0.05, 0) is 36.8 Å². The lowest BCUT2D eigenvalue weighted by molar-refractivity contribution is 0.432. The molecule has 1 aromatic heterocycles. The minimum atomic E-state index is -3.44. The average molecular weight is 329 g/mol. The number of rotatable bonds is 6. The van der Waals surface area contributed by atoms with Crippen molar-refractivity contribution in [2.45, 2.75) is 31.3 Å². The highest BCUT2D eigenvalue weighted by Crippen LogP contribution is 2.18. The lowest BCUT2D eigenvalue weighted by Crippen LogP contribution is -2.33. The molecular formula is C14H23N3O2S2. The summed E-state index contributed by atoms with van der Waals surface area (Å²) in [5.41, 5.74) is 1.01. The number of pyridine rings is 1. The molecule has 0 unspecified atom stereocenters. The molecule has 1 aliphatic heterocycles. The molecule has 1 saturated heterocycles. The first-order valence-corrected chi connectivity index (χ1v) is 9.97. The first-order chi connectivity index (χ1) is 10.1. The maximum absolute atomic E-state index is 12.6. The van der Waals surface area contributed by atoms with Crippen molar-refractivity contribution in [1.29, 1.82) is 0 Å². The molecule has 1 aromatic rings. The molecule has 1 aliphatic rings. The molecule has 0 amide bonds. The summed E-state index contributed by atoms with van der Waals surface area (Å²) >= 11 is 1.81. The van der Waals surface area contributed by atoms with Crippen LogP contribution in [0.2, 0.25) is 0 Å². The molecule has 2 heterocycles. The summed E-state index contributed by atoms with van der Waals surface area (Å²) < 4.78 is 26.7. The van der Waals surface area contributed by atoms with Crippen molar-refractivity contribution >= 4 is 21.8 Å². The second-order valence-electron chi connectivity index (χ2n) is 5.05. The highest BCUT2D eigenvalue weighted by molar-refractivity contribution is 7.99. The molecule has 0 bridgehead atoms. The third kappa shape index (κ3) is 4.67. The number of hydrogen-bond acceptors (Lipinski definition) is 5. The Morgan fingerprint density at radius 1 is 1.33 bits per heavy atom. The molecule has 0 spiro atoms. The minimum Gasteiger partial charge on any atom is -0.313 e. The van der Waals surface area contributed by atoms with Crippen LogP contribution in [0.4, 0.5) is 0 Å². The Morgan fingerprint density at radius 3 is 2.90 bits per heavy atom. The van der Waals surface area contributed by atoms with E-state index < -0.39 is 10.0 Å². The van der Waals surface area contributed by atoms with Crippen LogP contribution in [0.5, 0.6) is 0 Å². The van der Waals surface area contributed by atoms with E-state index >= 15 is 0 Å². The number of thioether (sulfide) groups is 1. The summed E-state index contributed by atoms with van der Waals surface area (Å²) in [6.07, 6.45) is 3.64. The number of hydrogen-bond donors (Lipinski definition) is 1. The quantitative estimate of drug-likeness (QED) is 0.805. The van der Waals surface area contributed by atoms with E-state index in [0.717, 1.165) is 43.0 Å². The van der Waals surface area contributed by atoms with Crippen molar-refractivity contribution in [1.82, 2.24) is 14.6 Å². The predicted octanol–water partition coefficient (Wildman–Crippen LogP) is 1.71. The summed E-state index contributed by atoms with van der Waals surface area (Å²) in [5, 5.41) is 3.44. The minimum absolute atomic E-state index is 0.161. The Labute approximate surface area is 131 Å². The van der Waals surface area contributed by atoms with Gasteiger partial charge in [0, 0.05) is 31.6 Å². The van der Waals surface area contributed by atoms with Gasteiger partial charge in [-0.1, -0.05) is 13.0 Å². The molecule has 7 heteroatoms. The van der Waals surface area contributed by atoms with Crippen molar-refractivity contribution in [3.8, 4) is 0 Å². The maximum atomic E-state index is 12.6. The van der Waals surface area contributed by atoms with Gasteiger partial charge >= 0.3 is 0 Å². The largest absolute Gasteiger partial charge is 0.313 e. The molecular weight excluding hydrogens is 306 g/mol. The van der Waals surface area contributed by atoms with Gasteiger partial charge < -0.3 is 5.32 Å². The molecule has 118 valence electrons. The van der Waals surface area contributed by atoms with Crippen LogP contribution in [0, 0.1) is 0 Å². The van der Waals surface area contributed by atoms with E-state index in [-0.39, 0.29) is 5.03 Å². The van der Waals surface area contributed by atoms with Crippen LogP contribution in [0.25, 0.3) is 0 Å². The van der Waals surface area contributed by atoms with Crippen LogP contribution in [-0.4, -0.2) is 48.8 Å². The molecule has 5 nitrogen and oxygen atoms in total. The first kappa shape index (κ1) is 16.7. The number of aromatic nitrogens is 1. The van der Waals surface area contributed by atoms with Crippen LogP contribution < -0.4 is 5.32 Å². The molecule has 0 radical (unpaired) electrons. The topological polar surface area (TPSA) is 62.3 Å². The lowest BCUT2D eigenvalue weighted by Gasteiger charge is -2.19. The monoisotopic (exact) mass is 329 g/mol. The maximum Gasteiger partial charge on any atom is 0.260 e. The Morgan fingerprint density at radius 2 is 2.19 bits per heavy atom. The van der Waals surface area contributed by atoms with Gasteiger partial charge in [0.05, 0.1) is 0 Å². The van der Waals surface area contributed by atoms with Gasteiger partial charge in [0.25, 0.3) is 10.0 Å². The van der Waals surface area contributed by atoms with Gasteiger partial charge in [0.1, 0.15) is 0 Å². The lowest BCUT2D eigenvalue weighted by atomic mass is 10.3. The Kier molecular flexibility index (Phi) is 6.47. The molecule has 0 aliphatic carbocycles. The predicted molar refractivity (Wildman–Crippen MR) is 86.9 cm³/mol. The molecule has 0 atom stereocenters. The molecule has 21 heavy (non-hydrogen) atoms. The summed E-state index contributed by atoms with van der Waals surface area (Å²) in [7, 11) is -3.44. The highest BCUT2D eigenvalue weighted by Gasteiger charge is 2.26. The van der Waals surface area contributed by atoms with Crippen LogP contribution in [-0.2, 0) is 16.6 Å². The Bertz CT molecular complexity index is 524. The molecule has 1 fully saturated rings. The van der Waals surface area contributed by atoms with Gasteiger partial charge in [-0.3, -0.25) is 0 Å². The van der Waals surface area contributed by atoms with E-state index in [9.17, 15) is 8.42 Å². The molecule has 0 saturated carbocycles. The Hall–Kier alpha value is -0.630. The summed E-state index contributed by atoms with van der Waals surface area (Å²) in [6, 6.07) is 3.46. The van der Waals surface area contributed by atoms with Gasteiger partial charge in [-0.2, -0.15) is 16.1 Å². The molecule has 0 aromatic carbocycles. The van der Waals surface area contributed by atoms with Crippen molar-refractivity contribution in [2.24, 2.45) is 0 Å². The number of nitrogens with zero attached hydrogens (tertiary/aromatic N) is 2. The van der Waals surface area contributed by atoms with Gasteiger partial charge in [-0.15, -0.1) is 0 Å². The summed E-state index contributed by atoms with van der Waals surface area (Å²) in [5.74, 6) is 1.89. The van der Waals surface area contributed by atoms with E-state index in [2.05, 4.69) is 17.2 Å². The molecule has 2 rings (SSSR count). The SMILES string of the molecule is CCCNCc1ccc(S(=O)(=O)N2CCCSCC2)nc1. The fourth-order valence-corrected chi connectivity index (χ4v) is 4.57. The normalized spacial score (nSPS) is 17.6. The van der Waals surface area contributed by atoms with Crippen molar-refractivity contribution in [3.63, 3.8) is 0 Å². The Balaban J connectivity index is 2.05. The van der Waals surface area contributed by atoms with Crippen molar-refractivity contribution in [2.75, 3.05) is 31.1 Å². The average Bonchev–Trinajstić information content (AvgIpc) is 2.78. The summed E-state index contributed by atoms with van der Waals surface area (Å²) in [4.78, 5) is 4.16. The van der Waals surface area contributed by atoms with Gasteiger partial charge in [0.2, 0.25) is 0 Å². The van der Waals surface area contributed by atoms with Crippen LogP contribution in [0.3, 0.4) is 0 Å². The van der Waals surface area contributed by atoms with E-state index in [1.54, 1.807) is 16.6 Å². The second kappa shape index (κ2) is 8.12. The number of nitrogens with one attached hydrogen (secondary N) is 1. The standard InChI is InChI=1S/C14H23N3O2S2/c1-2-6-15-11-13-4-5-14(16-12-13)21(18,19)17-7-3-9-20-10-8-17/h4-5,12,15H,2-3,6-11H2,1H3. The van der Waals surface area contributed by atoms with Gasteiger partial charge in [0.15, 0.2) is 5.03 Å². The zero-order valence-corrected chi connectivity index (χ0v) is 14.0. The molecule has 1 N–H and O–H groups in total. The van der Waals surface area contributed by atoms with Crippen molar-refractivity contribution < 1.29 is 8.42 Å². The number of sulfonamides is 1. The van der Waals surface area contributed by atoms with E-state index in [0.29, 0.717) is 13.1 Å². The third-order valence-corrected chi connectivity index (χ3v) is 6.20. The summed E-state index contributed by atoms with van der Waals surface area (Å²) in [6.45, 7) is 4.96. The van der Waals surface area contributed by atoms with Crippen LogP contribution in [0.15, 0.2) is 23.4 Å². The van der Waals surface area contributed by atoms with Crippen molar-refractivity contribution in [3.05, 3.63) is 23.9 Å². The van der Waals surface area contributed by atoms with E-state index in [4.69, 9.17) is 0 Å². The fourth-order valence-electron chi connectivity index (χ4n) is 2.17. The van der Waals surface area contributed by atoms with Crippen LogP contribution >= 0.6 is 11.8 Å². The van der Waals surface area contributed by atoms with Crippen LogP contribution in [0.1, 0.15) is 25.3 Å². The zero-order valence-electron chi connectivity index (χ0n) is 12.4.